The van der Waals surface area contributed by atoms with Gasteiger partial charge in [0, 0.05) is 39.3 Å². The van der Waals surface area contributed by atoms with E-state index in [-0.39, 0.29) is 0 Å². The third-order valence-electron chi connectivity index (χ3n) is 4.33. The molecular formula is C14H21N5O. The van der Waals surface area contributed by atoms with E-state index in [9.17, 15) is 5.26 Å². The molecule has 3 rings (SSSR count). The number of rotatable bonds is 2. The Kier molecular flexibility index (Phi) is 3.64. The van der Waals surface area contributed by atoms with Crippen LogP contribution in [0.15, 0.2) is 0 Å². The maximum absolute atomic E-state index is 9.33. The van der Waals surface area contributed by atoms with Gasteiger partial charge in [0.05, 0.1) is 18.9 Å². The summed E-state index contributed by atoms with van der Waals surface area (Å²) < 4.78 is 7.26. The Morgan fingerprint density at radius 3 is 2.75 bits per heavy atom. The van der Waals surface area contributed by atoms with E-state index in [1.54, 1.807) is 0 Å². The van der Waals surface area contributed by atoms with Crippen LogP contribution in [0.3, 0.4) is 0 Å². The first-order chi connectivity index (χ1) is 9.70. The van der Waals surface area contributed by atoms with Crippen LogP contribution in [-0.2, 0) is 11.8 Å². The molecule has 0 radical (unpaired) electrons. The molecule has 3 heterocycles. The summed E-state index contributed by atoms with van der Waals surface area (Å²) in [5.41, 5.74) is 1.54. The smallest absolute Gasteiger partial charge is 0.145 e. The molecule has 0 aliphatic carbocycles. The minimum absolute atomic E-state index is 0.570. The second-order valence-corrected chi connectivity index (χ2v) is 5.56. The average molecular weight is 275 g/mol. The Balaban J connectivity index is 1.75. The van der Waals surface area contributed by atoms with Crippen molar-refractivity contribution in [3.05, 3.63) is 11.3 Å². The summed E-state index contributed by atoms with van der Waals surface area (Å²) in [6.45, 7) is 7.60. The summed E-state index contributed by atoms with van der Waals surface area (Å²) >= 11 is 0. The topological polar surface area (TPSA) is 57.3 Å². The zero-order chi connectivity index (χ0) is 14.1. The fourth-order valence-corrected chi connectivity index (χ4v) is 3.31. The van der Waals surface area contributed by atoms with E-state index in [1.807, 2.05) is 18.7 Å². The van der Waals surface area contributed by atoms with Gasteiger partial charge in [0.1, 0.15) is 17.5 Å². The molecule has 6 nitrogen and oxygen atoms in total. The number of aryl methyl sites for hydroxylation is 2. The van der Waals surface area contributed by atoms with Crippen LogP contribution in [0, 0.1) is 18.3 Å². The van der Waals surface area contributed by atoms with Gasteiger partial charge in [-0.1, -0.05) is 0 Å². The highest BCUT2D eigenvalue weighted by molar-refractivity contribution is 5.57. The first-order valence-corrected chi connectivity index (χ1v) is 7.21. The lowest BCUT2D eigenvalue weighted by molar-refractivity contribution is 0.0209. The second-order valence-electron chi connectivity index (χ2n) is 5.56. The van der Waals surface area contributed by atoms with E-state index in [1.165, 1.54) is 0 Å². The molecule has 20 heavy (non-hydrogen) atoms. The van der Waals surface area contributed by atoms with Gasteiger partial charge in [-0.3, -0.25) is 9.58 Å². The molecule has 1 atom stereocenters. The van der Waals surface area contributed by atoms with Gasteiger partial charge in [0.15, 0.2) is 0 Å². The van der Waals surface area contributed by atoms with Gasteiger partial charge in [-0.05, 0) is 13.3 Å². The first kappa shape index (κ1) is 13.4. The highest BCUT2D eigenvalue weighted by Crippen LogP contribution is 2.27. The molecule has 2 aliphatic heterocycles. The summed E-state index contributed by atoms with van der Waals surface area (Å²) in [6, 6.07) is 2.87. The Morgan fingerprint density at radius 2 is 2.05 bits per heavy atom. The van der Waals surface area contributed by atoms with Crippen molar-refractivity contribution in [2.24, 2.45) is 7.05 Å². The Morgan fingerprint density at radius 1 is 1.30 bits per heavy atom. The molecule has 1 aromatic heterocycles. The Hall–Kier alpha value is -1.58. The maximum Gasteiger partial charge on any atom is 0.145 e. The minimum Gasteiger partial charge on any atom is -0.379 e. The van der Waals surface area contributed by atoms with E-state index in [4.69, 9.17) is 4.74 Å². The molecule has 6 heteroatoms. The average Bonchev–Trinajstić information content (AvgIpc) is 3.03. The third-order valence-corrected chi connectivity index (χ3v) is 4.33. The van der Waals surface area contributed by atoms with Crippen LogP contribution >= 0.6 is 0 Å². The van der Waals surface area contributed by atoms with Crippen molar-refractivity contribution in [1.29, 1.82) is 5.26 Å². The molecule has 0 bridgehead atoms. The van der Waals surface area contributed by atoms with Gasteiger partial charge < -0.3 is 9.64 Å². The van der Waals surface area contributed by atoms with Gasteiger partial charge >= 0.3 is 0 Å². The van der Waals surface area contributed by atoms with Crippen LogP contribution in [-0.4, -0.2) is 60.1 Å². The second kappa shape index (κ2) is 5.43. The van der Waals surface area contributed by atoms with Crippen molar-refractivity contribution in [3.63, 3.8) is 0 Å². The maximum atomic E-state index is 9.33. The lowest BCUT2D eigenvalue weighted by Gasteiger charge is -2.32. The number of hydrogen-bond donors (Lipinski definition) is 0. The molecule has 0 saturated carbocycles. The molecule has 0 N–H and O–H groups in total. The third kappa shape index (κ3) is 2.28. The number of morpholine rings is 1. The summed E-state index contributed by atoms with van der Waals surface area (Å²) in [7, 11) is 1.92. The number of aromatic nitrogens is 2. The predicted octanol–water partition coefficient (Wildman–Crippen LogP) is 0.511. The zero-order valence-corrected chi connectivity index (χ0v) is 12.2. The van der Waals surface area contributed by atoms with Crippen molar-refractivity contribution in [2.75, 3.05) is 44.3 Å². The molecule has 2 aliphatic rings. The van der Waals surface area contributed by atoms with Gasteiger partial charge in [0.2, 0.25) is 0 Å². The SMILES string of the molecule is Cc1nn(C)c(N2CCC(N3CCOCC3)C2)c1C#N. The van der Waals surface area contributed by atoms with Crippen LogP contribution in [0.1, 0.15) is 17.7 Å². The number of ether oxygens (including phenoxy) is 1. The Bertz CT molecular complexity index is 526. The fourth-order valence-electron chi connectivity index (χ4n) is 3.31. The van der Waals surface area contributed by atoms with Gasteiger partial charge in [0.25, 0.3) is 0 Å². The number of hydrogen-bond acceptors (Lipinski definition) is 5. The molecular weight excluding hydrogens is 254 g/mol. The largest absolute Gasteiger partial charge is 0.379 e. The predicted molar refractivity (Wildman–Crippen MR) is 75.7 cm³/mol. The number of nitrogens with zero attached hydrogens (tertiary/aromatic N) is 5. The van der Waals surface area contributed by atoms with E-state index >= 15 is 0 Å². The van der Waals surface area contributed by atoms with Crippen LogP contribution in [0.4, 0.5) is 5.82 Å². The van der Waals surface area contributed by atoms with E-state index < -0.39 is 0 Å². The highest BCUT2D eigenvalue weighted by Gasteiger charge is 2.31. The van der Waals surface area contributed by atoms with E-state index in [2.05, 4.69) is 21.0 Å². The molecule has 108 valence electrons. The standard InChI is InChI=1S/C14H21N5O/c1-11-13(9-15)14(17(2)16-11)19-4-3-12(10-19)18-5-7-20-8-6-18/h12H,3-8,10H2,1-2H3. The van der Waals surface area contributed by atoms with Crippen molar-refractivity contribution in [2.45, 2.75) is 19.4 Å². The van der Waals surface area contributed by atoms with Crippen molar-refractivity contribution < 1.29 is 4.74 Å². The van der Waals surface area contributed by atoms with Crippen LogP contribution < -0.4 is 4.90 Å². The minimum atomic E-state index is 0.570. The molecule has 1 unspecified atom stereocenters. The van der Waals surface area contributed by atoms with Gasteiger partial charge in [-0.2, -0.15) is 10.4 Å². The van der Waals surface area contributed by atoms with Crippen LogP contribution in [0.2, 0.25) is 0 Å². The molecule has 2 fully saturated rings. The molecule has 0 amide bonds. The van der Waals surface area contributed by atoms with Crippen molar-refractivity contribution >= 4 is 5.82 Å². The van der Waals surface area contributed by atoms with Gasteiger partial charge in [-0.15, -0.1) is 0 Å². The normalized spacial score (nSPS) is 24.1. The lowest BCUT2D eigenvalue weighted by Crippen LogP contribution is -2.44. The monoisotopic (exact) mass is 275 g/mol. The Labute approximate surface area is 119 Å². The molecule has 0 spiro atoms. The van der Waals surface area contributed by atoms with Crippen LogP contribution in [0.5, 0.6) is 0 Å². The van der Waals surface area contributed by atoms with Crippen LogP contribution in [0.25, 0.3) is 0 Å². The molecule has 1 aromatic rings. The number of nitriles is 1. The van der Waals surface area contributed by atoms with E-state index in [0.717, 1.165) is 62.9 Å². The molecule has 0 aromatic carbocycles. The molecule has 2 saturated heterocycles. The highest BCUT2D eigenvalue weighted by atomic mass is 16.5. The van der Waals surface area contributed by atoms with Gasteiger partial charge in [-0.25, -0.2) is 0 Å². The summed E-state index contributed by atoms with van der Waals surface area (Å²) in [5.74, 6) is 0.973. The van der Waals surface area contributed by atoms with Crippen molar-refractivity contribution in [3.8, 4) is 6.07 Å². The quantitative estimate of drug-likeness (QED) is 0.787. The zero-order valence-electron chi connectivity index (χ0n) is 12.2. The first-order valence-electron chi connectivity index (χ1n) is 7.21. The summed E-state index contributed by atoms with van der Waals surface area (Å²) in [6.07, 6.45) is 1.15. The fraction of sp³-hybridized carbons (Fsp3) is 0.714. The summed E-state index contributed by atoms with van der Waals surface area (Å²) in [4.78, 5) is 4.82. The summed E-state index contributed by atoms with van der Waals surface area (Å²) in [5, 5.41) is 13.7. The number of anilines is 1. The lowest BCUT2D eigenvalue weighted by atomic mass is 10.2. The van der Waals surface area contributed by atoms with Crippen molar-refractivity contribution in [1.82, 2.24) is 14.7 Å². The van der Waals surface area contributed by atoms with E-state index in [0.29, 0.717) is 6.04 Å².